The molecule has 0 spiro atoms. The van der Waals surface area contributed by atoms with E-state index in [0.717, 1.165) is 0 Å². The largest absolute Gasteiger partial charge is 0.444 e. The molecule has 0 fully saturated rings. The lowest BCUT2D eigenvalue weighted by Crippen LogP contribution is -2.40. The molecular weight excluding hydrogens is 452 g/mol. The Hall–Kier alpha value is -2.23. The molecule has 10 heteroatoms. The predicted molar refractivity (Wildman–Crippen MR) is 137 cm³/mol. The quantitative estimate of drug-likeness (QED) is 0.297. The Kier molecular flexibility index (Phi) is 14.1. The number of hydrogen-bond acceptors (Lipinski definition) is 7. The van der Waals surface area contributed by atoms with E-state index >= 15 is 0 Å². The number of amides is 3. The van der Waals surface area contributed by atoms with Crippen LogP contribution in [0.3, 0.4) is 0 Å². The van der Waals surface area contributed by atoms with Crippen LogP contribution in [0.2, 0.25) is 0 Å². The number of hydrogen-bond donors (Lipinski definition) is 2. The molecule has 0 aromatic carbocycles. The van der Waals surface area contributed by atoms with Crippen molar-refractivity contribution in [3.8, 4) is 0 Å². The van der Waals surface area contributed by atoms with E-state index in [1.54, 1.807) is 30.6 Å². The van der Waals surface area contributed by atoms with E-state index in [1.807, 2.05) is 41.5 Å². The van der Waals surface area contributed by atoms with Gasteiger partial charge in [0.2, 0.25) is 0 Å². The highest BCUT2D eigenvalue weighted by Crippen LogP contribution is 2.13. The topological polar surface area (TPSA) is 123 Å². The third kappa shape index (κ3) is 18.7. The molecule has 0 saturated carbocycles. The summed E-state index contributed by atoms with van der Waals surface area (Å²) in [5.74, 6) is 0. The standard InChI is InChI=1S/C25H50N4O6/c1-23(2,3)33-20(30)27-15-13-19-29(22(32)35-25(7,8)9)17-11-10-16-28(18-12-14-26)21(31)34-24(4,5)6/h10-19,26H2,1-9H3,(H,27,30). The van der Waals surface area contributed by atoms with Gasteiger partial charge >= 0.3 is 18.3 Å². The van der Waals surface area contributed by atoms with Gasteiger partial charge in [0.05, 0.1) is 0 Å². The number of carbonyl (C=O) groups is 3. The zero-order valence-corrected chi connectivity index (χ0v) is 23.5. The molecule has 0 aromatic heterocycles. The molecule has 206 valence electrons. The van der Waals surface area contributed by atoms with Crippen LogP contribution >= 0.6 is 0 Å². The lowest BCUT2D eigenvalue weighted by atomic mass is 10.2. The second kappa shape index (κ2) is 15.0. The van der Waals surface area contributed by atoms with Crippen molar-refractivity contribution >= 4 is 18.3 Å². The van der Waals surface area contributed by atoms with E-state index in [-0.39, 0.29) is 6.09 Å². The van der Waals surface area contributed by atoms with Crippen LogP contribution in [0.15, 0.2) is 0 Å². The maximum Gasteiger partial charge on any atom is 0.410 e. The molecule has 0 saturated heterocycles. The van der Waals surface area contributed by atoms with Crippen LogP contribution in [0.25, 0.3) is 0 Å². The number of nitrogens with two attached hydrogens (primary N) is 1. The zero-order chi connectivity index (χ0) is 27.3. The third-order valence-corrected chi connectivity index (χ3v) is 4.31. The SMILES string of the molecule is CC(C)(C)OC(=O)NCCCN(CCCCN(CCCN)C(=O)OC(C)(C)C)C(=O)OC(C)(C)C. The van der Waals surface area contributed by atoms with Crippen LogP contribution in [0.5, 0.6) is 0 Å². The van der Waals surface area contributed by atoms with Crippen LogP contribution in [0.4, 0.5) is 14.4 Å². The molecule has 0 aromatic rings. The van der Waals surface area contributed by atoms with E-state index in [1.165, 1.54) is 0 Å². The van der Waals surface area contributed by atoms with Crippen molar-refractivity contribution in [1.82, 2.24) is 15.1 Å². The molecule has 0 heterocycles. The second-order valence-electron chi connectivity index (χ2n) is 11.6. The van der Waals surface area contributed by atoms with Gasteiger partial charge in [-0.2, -0.15) is 0 Å². The summed E-state index contributed by atoms with van der Waals surface area (Å²) in [6.07, 6.45) is 1.37. The molecule has 0 unspecified atom stereocenters. The molecule has 0 aliphatic heterocycles. The lowest BCUT2D eigenvalue weighted by Gasteiger charge is -2.29. The normalized spacial score (nSPS) is 12.1. The maximum absolute atomic E-state index is 12.7. The van der Waals surface area contributed by atoms with Crippen molar-refractivity contribution < 1.29 is 28.6 Å². The van der Waals surface area contributed by atoms with Gasteiger partial charge in [-0.15, -0.1) is 0 Å². The molecule has 0 bridgehead atoms. The number of rotatable bonds is 12. The highest BCUT2D eigenvalue weighted by Gasteiger charge is 2.24. The van der Waals surface area contributed by atoms with Crippen LogP contribution in [-0.2, 0) is 14.2 Å². The summed E-state index contributed by atoms with van der Waals surface area (Å²) in [5.41, 5.74) is 3.87. The van der Waals surface area contributed by atoms with E-state index in [9.17, 15) is 14.4 Å². The number of alkyl carbamates (subject to hydrolysis) is 1. The van der Waals surface area contributed by atoms with Gasteiger partial charge in [-0.3, -0.25) is 0 Å². The van der Waals surface area contributed by atoms with Crippen molar-refractivity contribution in [1.29, 1.82) is 0 Å². The Bertz CT molecular complexity index is 650. The summed E-state index contributed by atoms with van der Waals surface area (Å²) in [5, 5.41) is 2.71. The van der Waals surface area contributed by atoms with Gasteiger partial charge < -0.3 is 35.1 Å². The summed E-state index contributed by atoms with van der Waals surface area (Å²) in [7, 11) is 0. The number of nitrogens with one attached hydrogen (secondary N) is 1. The van der Waals surface area contributed by atoms with Gasteiger partial charge in [0.25, 0.3) is 0 Å². The minimum Gasteiger partial charge on any atom is -0.444 e. The Morgan fingerprint density at radius 3 is 1.37 bits per heavy atom. The lowest BCUT2D eigenvalue weighted by molar-refractivity contribution is 0.0207. The minimum atomic E-state index is -0.611. The number of carbonyl (C=O) groups excluding carboxylic acids is 3. The summed E-state index contributed by atoms with van der Waals surface area (Å²) in [6.45, 7) is 19.2. The summed E-state index contributed by atoms with van der Waals surface area (Å²) in [4.78, 5) is 40.3. The molecule has 0 rings (SSSR count). The van der Waals surface area contributed by atoms with Gasteiger partial charge in [0, 0.05) is 32.7 Å². The van der Waals surface area contributed by atoms with Crippen molar-refractivity contribution in [2.75, 3.05) is 39.3 Å². The molecular formula is C25H50N4O6. The van der Waals surface area contributed by atoms with Gasteiger partial charge in [-0.05, 0) is 94.5 Å². The summed E-state index contributed by atoms with van der Waals surface area (Å²) >= 11 is 0. The third-order valence-electron chi connectivity index (χ3n) is 4.31. The van der Waals surface area contributed by atoms with Gasteiger partial charge in [-0.25, -0.2) is 14.4 Å². The van der Waals surface area contributed by atoms with Crippen LogP contribution in [-0.4, -0.2) is 84.2 Å². The number of unbranched alkanes of at least 4 members (excludes halogenated alkanes) is 1. The Balaban J connectivity index is 4.82. The zero-order valence-electron chi connectivity index (χ0n) is 23.5. The van der Waals surface area contributed by atoms with Crippen LogP contribution in [0.1, 0.15) is 88.0 Å². The van der Waals surface area contributed by atoms with Crippen molar-refractivity contribution in [2.24, 2.45) is 5.73 Å². The van der Waals surface area contributed by atoms with E-state index < -0.39 is 29.0 Å². The monoisotopic (exact) mass is 502 g/mol. The maximum atomic E-state index is 12.7. The van der Waals surface area contributed by atoms with E-state index in [4.69, 9.17) is 19.9 Å². The Morgan fingerprint density at radius 2 is 1.00 bits per heavy atom. The highest BCUT2D eigenvalue weighted by atomic mass is 16.6. The Labute approximate surface area is 212 Å². The average Bonchev–Trinajstić information content (AvgIpc) is 2.64. The fourth-order valence-electron chi connectivity index (χ4n) is 2.90. The minimum absolute atomic E-state index is 0.358. The van der Waals surface area contributed by atoms with E-state index in [0.29, 0.717) is 65.0 Å². The number of ether oxygens (including phenoxy) is 3. The van der Waals surface area contributed by atoms with Crippen LogP contribution < -0.4 is 11.1 Å². The second-order valence-corrected chi connectivity index (χ2v) is 11.6. The van der Waals surface area contributed by atoms with Gasteiger partial charge in [0.15, 0.2) is 0 Å². The molecule has 3 amide bonds. The van der Waals surface area contributed by atoms with E-state index in [2.05, 4.69) is 5.32 Å². The first kappa shape index (κ1) is 32.8. The molecule has 35 heavy (non-hydrogen) atoms. The van der Waals surface area contributed by atoms with Gasteiger partial charge in [-0.1, -0.05) is 0 Å². The molecule has 0 atom stereocenters. The summed E-state index contributed by atoms with van der Waals surface area (Å²) < 4.78 is 16.3. The fraction of sp³-hybridized carbons (Fsp3) is 0.880. The molecule has 10 nitrogen and oxygen atoms in total. The molecule has 0 aliphatic rings. The number of nitrogens with zero attached hydrogens (tertiary/aromatic N) is 2. The van der Waals surface area contributed by atoms with Gasteiger partial charge in [0.1, 0.15) is 16.8 Å². The molecule has 0 aliphatic carbocycles. The highest BCUT2D eigenvalue weighted by molar-refractivity contribution is 5.69. The predicted octanol–water partition coefficient (Wildman–Crippen LogP) is 4.50. The van der Waals surface area contributed by atoms with Crippen LogP contribution in [0, 0.1) is 0 Å². The molecule has 3 N–H and O–H groups in total. The molecule has 0 radical (unpaired) electrons. The van der Waals surface area contributed by atoms with Crippen molar-refractivity contribution in [3.05, 3.63) is 0 Å². The average molecular weight is 503 g/mol. The van der Waals surface area contributed by atoms with Crippen molar-refractivity contribution in [2.45, 2.75) is 105 Å². The Morgan fingerprint density at radius 1 is 0.629 bits per heavy atom. The first-order chi connectivity index (χ1) is 15.9. The smallest absolute Gasteiger partial charge is 0.410 e. The van der Waals surface area contributed by atoms with Crippen molar-refractivity contribution in [3.63, 3.8) is 0 Å². The first-order valence-electron chi connectivity index (χ1n) is 12.6. The summed E-state index contributed by atoms with van der Waals surface area (Å²) in [6, 6.07) is 0. The fourth-order valence-corrected chi connectivity index (χ4v) is 2.90. The first-order valence-corrected chi connectivity index (χ1v) is 12.6.